The van der Waals surface area contributed by atoms with Crippen LogP contribution in [0.4, 0.5) is 17.2 Å². The summed E-state index contributed by atoms with van der Waals surface area (Å²) in [6.07, 6.45) is 6.39. The molecule has 2 N–H and O–H groups in total. The van der Waals surface area contributed by atoms with Crippen LogP contribution in [-0.4, -0.2) is 63.0 Å². The predicted octanol–water partition coefficient (Wildman–Crippen LogP) is 2.99. The van der Waals surface area contributed by atoms with E-state index >= 15 is 0 Å². The minimum absolute atomic E-state index is 0.0726. The highest BCUT2D eigenvalue weighted by Crippen LogP contribution is 2.23. The van der Waals surface area contributed by atoms with Crippen LogP contribution in [0.2, 0.25) is 0 Å². The second-order valence-corrected chi connectivity index (χ2v) is 8.65. The highest BCUT2D eigenvalue weighted by molar-refractivity contribution is 6.07. The number of rotatable bonds is 6. The number of pyridine rings is 3. The molecule has 11 nitrogen and oxygen atoms in total. The Bertz CT molecular complexity index is 1430. The highest BCUT2D eigenvalue weighted by Gasteiger charge is 2.18. The molecule has 0 atom stereocenters. The van der Waals surface area contributed by atoms with Gasteiger partial charge in [-0.05, 0) is 32.0 Å². The smallest absolute Gasteiger partial charge is 0.260 e. The first kappa shape index (κ1) is 23.2. The number of nitriles is 1. The number of amides is 1. The van der Waals surface area contributed by atoms with Gasteiger partial charge in [-0.1, -0.05) is 0 Å². The zero-order chi connectivity index (χ0) is 25.1. The number of nitrogens with zero attached hydrogens (tertiary/aromatic N) is 7. The van der Waals surface area contributed by atoms with Crippen molar-refractivity contribution in [2.24, 2.45) is 0 Å². The van der Waals surface area contributed by atoms with Gasteiger partial charge in [0, 0.05) is 43.0 Å². The summed E-state index contributed by atoms with van der Waals surface area (Å²) in [5.41, 5.74) is 3.00. The number of morpholine rings is 1. The van der Waals surface area contributed by atoms with Gasteiger partial charge in [0.05, 0.1) is 48.1 Å². The predicted molar refractivity (Wildman–Crippen MR) is 135 cm³/mol. The van der Waals surface area contributed by atoms with Gasteiger partial charge >= 0.3 is 0 Å². The first-order valence-electron chi connectivity index (χ1n) is 11.6. The van der Waals surface area contributed by atoms with E-state index in [1.54, 1.807) is 35.3 Å². The Morgan fingerprint density at radius 2 is 1.92 bits per heavy atom. The van der Waals surface area contributed by atoms with Gasteiger partial charge < -0.3 is 20.3 Å². The van der Waals surface area contributed by atoms with Gasteiger partial charge in [-0.2, -0.15) is 15.0 Å². The quantitative estimate of drug-likeness (QED) is 0.424. The van der Waals surface area contributed by atoms with E-state index in [2.05, 4.69) is 41.7 Å². The van der Waals surface area contributed by atoms with Crippen molar-refractivity contribution >= 4 is 34.1 Å². The maximum atomic E-state index is 13.2. The lowest BCUT2D eigenvalue weighted by molar-refractivity contribution is 0.102. The van der Waals surface area contributed by atoms with E-state index in [0.717, 1.165) is 24.2 Å². The van der Waals surface area contributed by atoms with E-state index in [1.165, 1.54) is 12.4 Å². The largest absolute Gasteiger partial charge is 0.382 e. The maximum Gasteiger partial charge on any atom is 0.260 e. The van der Waals surface area contributed by atoms with Gasteiger partial charge in [0.15, 0.2) is 11.5 Å². The van der Waals surface area contributed by atoms with Crippen molar-refractivity contribution in [3.63, 3.8) is 0 Å². The minimum atomic E-state index is -0.328. The third kappa shape index (κ3) is 4.80. The summed E-state index contributed by atoms with van der Waals surface area (Å²) >= 11 is 0. The summed E-state index contributed by atoms with van der Waals surface area (Å²) in [5, 5.41) is 20.4. The van der Waals surface area contributed by atoms with Crippen LogP contribution in [0.25, 0.3) is 16.9 Å². The number of ether oxygens (including phenoxy) is 1. The zero-order valence-corrected chi connectivity index (χ0v) is 20.0. The fourth-order valence-corrected chi connectivity index (χ4v) is 3.97. The third-order valence-corrected chi connectivity index (χ3v) is 5.70. The van der Waals surface area contributed by atoms with Crippen molar-refractivity contribution in [1.29, 1.82) is 5.26 Å². The highest BCUT2D eigenvalue weighted by atomic mass is 16.5. The molecule has 5 rings (SSSR count). The number of carbonyl (C=O) groups excluding carboxylic acids is 1. The summed E-state index contributed by atoms with van der Waals surface area (Å²) in [5.74, 6) is 0.618. The van der Waals surface area contributed by atoms with Gasteiger partial charge in [0.2, 0.25) is 0 Å². The molecule has 1 aliphatic heterocycles. The molecule has 0 spiro atoms. The first-order valence-corrected chi connectivity index (χ1v) is 11.6. The molecule has 0 aromatic carbocycles. The van der Waals surface area contributed by atoms with Crippen LogP contribution in [0.3, 0.4) is 0 Å². The second-order valence-electron chi connectivity index (χ2n) is 8.65. The monoisotopic (exact) mass is 483 g/mol. The van der Waals surface area contributed by atoms with Crippen LogP contribution in [0.5, 0.6) is 0 Å². The molecule has 0 saturated carbocycles. The molecule has 36 heavy (non-hydrogen) atoms. The molecular formula is C25H25N9O2. The summed E-state index contributed by atoms with van der Waals surface area (Å²) in [6.45, 7) is 6.99. The van der Waals surface area contributed by atoms with Crippen molar-refractivity contribution < 1.29 is 9.53 Å². The molecule has 1 fully saturated rings. The number of anilines is 3. The zero-order valence-electron chi connectivity index (χ0n) is 20.0. The van der Waals surface area contributed by atoms with E-state index in [4.69, 9.17) is 10.00 Å². The molecule has 0 radical (unpaired) electrons. The topological polar surface area (TPSA) is 134 Å². The summed E-state index contributed by atoms with van der Waals surface area (Å²) in [6, 6.07) is 9.36. The average molecular weight is 484 g/mol. The van der Waals surface area contributed by atoms with Crippen LogP contribution in [0.1, 0.15) is 29.8 Å². The molecule has 4 aromatic rings. The molecule has 0 unspecified atom stereocenters. The van der Waals surface area contributed by atoms with Gasteiger partial charge in [-0.25, -0.2) is 15.0 Å². The number of aromatic nitrogens is 5. The molecule has 182 valence electrons. The van der Waals surface area contributed by atoms with Crippen LogP contribution < -0.4 is 15.5 Å². The number of nitrogens with one attached hydrogen (secondary N) is 2. The van der Waals surface area contributed by atoms with Crippen molar-refractivity contribution in [1.82, 2.24) is 24.7 Å². The Balaban J connectivity index is 1.40. The van der Waals surface area contributed by atoms with Gasteiger partial charge in [-0.15, -0.1) is 0 Å². The van der Waals surface area contributed by atoms with E-state index < -0.39 is 0 Å². The Morgan fingerprint density at radius 3 is 2.64 bits per heavy atom. The summed E-state index contributed by atoms with van der Waals surface area (Å²) in [7, 11) is 0. The van der Waals surface area contributed by atoms with Crippen molar-refractivity contribution in [3.8, 4) is 11.9 Å². The Hall–Kier alpha value is -4.56. The van der Waals surface area contributed by atoms with Crippen LogP contribution in [0, 0.1) is 11.3 Å². The first-order chi connectivity index (χ1) is 17.5. The summed E-state index contributed by atoms with van der Waals surface area (Å²) in [4.78, 5) is 28.6. The lowest BCUT2D eigenvalue weighted by atomic mass is 10.2. The Morgan fingerprint density at radius 1 is 1.08 bits per heavy atom. The number of hydrogen-bond donors (Lipinski definition) is 2. The van der Waals surface area contributed by atoms with Gasteiger partial charge in [0.25, 0.3) is 5.91 Å². The number of carbonyl (C=O) groups is 1. The molecule has 11 heteroatoms. The minimum Gasteiger partial charge on any atom is -0.382 e. The molecule has 4 aromatic heterocycles. The average Bonchev–Trinajstić information content (AvgIpc) is 3.32. The van der Waals surface area contributed by atoms with Gasteiger partial charge in [0.1, 0.15) is 11.9 Å². The lowest BCUT2D eigenvalue weighted by Crippen LogP contribution is -2.36. The summed E-state index contributed by atoms with van der Waals surface area (Å²) < 4.78 is 6.98. The lowest BCUT2D eigenvalue weighted by Gasteiger charge is -2.28. The van der Waals surface area contributed by atoms with E-state index in [9.17, 15) is 4.79 Å². The van der Waals surface area contributed by atoms with E-state index in [1.807, 2.05) is 19.9 Å². The maximum absolute atomic E-state index is 13.2. The van der Waals surface area contributed by atoms with Crippen molar-refractivity contribution in [2.45, 2.75) is 19.9 Å². The van der Waals surface area contributed by atoms with Crippen LogP contribution >= 0.6 is 0 Å². The normalized spacial score (nSPS) is 13.6. The fraction of sp³-hybridized carbons (Fsp3) is 0.280. The number of fused-ring (bicyclic) bond motifs is 1. The van der Waals surface area contributed by atoms with Gasteiger partial charge in [-0.3, -0.25) is 4.79 Å². The molecule has 0 aliphatic carbocycles. The molecular weight excluding hydrogens is 458 g/mol. The molecule has 5 heterocycles. The van der Waals surface area contributed by atoms with Crippen LogP contribution in [0.15, 0.2) is 49.1 Å². The van der Waals surface area contributed by atoms with Crippen molar-refractivity contribution in [3.05, 3.63) is 60.2 Å². The Labute approximate surface area is 207 Å². The molecule has 1 aliphatic rings. The Kier molecular flexibility index (Phi) is 6.42. The molecule has 1 saturated heterocycles. The number of hydrogen-bond acceptors (Lipinski definition) is 9. The molecule has 1 amide bonds. The third-order valence-electron chi connectivity index (χ3n) is 5.70. The van der Waals surface area contributed by atoms with Crippen LogP contribution in [-0.2, 0) is 4.74 Å². The standard InChI is InChI=1S/C25H25N9O2/c1-16(2)31-21-10-23(34-24-18(13-30-34)9-17(11-26)12-29-24)28-15-20(21)25(35)32-22-4-3-19(14-27-22)33-5-7-36-8-6-33/h3-4,9-10,12-16H,5-8H2,1-2H3,(H,28,31)(H,27,32,35). The fourth-order valence-electron chi connectivity index (χ4n) is 3.97. The SMILES string of the molecule is CC(C)Nc1cc(-n2ncc3cc(C#N)cnc32)ncc1C(=O)Nc1ccc(N2CCOCC2)cn1. The van der Waals surface area contributed by atoms with E-state index in [-0.39, 0.29) is 11.9 Å². The van der Waals surface area contributed by atoms with E-state index in [0.29, 0.717) is 47.3 Å². The second kappa shape index (κ2) is 9.97. The van der Waals surface area contributed by atoms with Crippen molar-refractivity contribution in [2.75, 3.05) is 41.8 Å². The molecule has 0 bridgehead atoms.